The number of benzene rings is 1. The fourth-order valence-electron chi connectivity index (χ4n) is 2.47. The van der Waals surface area contributed by atoms with E-state index in [0.717, 1.165) is 12.8 Å². The van der Waals surface area contributed by atoms with Crippen LogP contribution < -0.4 is 5.32 Å². The monoisotopic (exact) mass is 323 g/mol. The lowest BCUT2D eigenvalue weighted by atomic mass is 10.1. The number of aromatic nitrogens is 4. The summed E-state index contributed by atoms with van der Waals surface area (Å²) < 4.78 is 28.2. The van der Waals surface area contributed by atoms with Crippen molar-refractivity contribution >= 4 is 5.69 Å². The minimum Gasteiger partial charge on any atom is -0.383 e. The van der Waals surface area contributed by atoms with Crippen LogP contribution in [0.25, 0.3) is 11.4 Å². The molecule has 0 fully saturated rings. The Labute approximate surface area is 134 Å². The molecule has 2 rings (SSSR count). The normalized spacial score (nSPS) is 10.9. The lowest BCUT2D eigenvalue weighted by Crippen LogP contribution is -2.05. The summed E-state index contributed by atoms with van der Waals surface area (Å²) in [6.45, 7) is 2.85. The van der Waals surface area contributed by atoms with Crippen LogP contribution >= 0.6 is 0 Å². The van der Waals surface area contributed by atoms with E-state index in [-0.39, 0.29) is 17.1 Å². The zero-order valence-electron chi connectivity index (χ0n) is 13.4. The molecule has 1 heterocycles. The summed E-state index contributed by atoms with van der Waals surface area (Å²) in [5, 5.41) is 15.8. The van der Waals surface area contributed by atoms with Crippen LogP contribution in [0.15, 0.2) is 12.1 Å². The summed E-state index contributed by atoms with van der Waals surface area (Å²) >= 11 is 0. The highest BCUT2D eigenvalue weighted by molar-refractivity contribution is 5.64. The second-order valence-corrected chi connectivity index (χ2v) is 5.57. The molecule has 0 unspecified atom stereocenters. The number of anilines is 1. The summed E-state index contributed by atoms with van der Waals surface area (Å²) in [7, 11) is 0. The molecule has 5 nitrogen and oxygen atoms in total. The number of hydrogen-bond donors (Lipinski definition) is 2. The number of nitrogens with zero attached hydrogens (tertiary/aromatic N) is 3. The van der Waals surface area contributed by atoms with Gasteiger partial charge in [-0.15, -0.1) is 10.2 Å². The van der Waals surface area contributed by atoms with Crippen molar-refractivity contribution in [2.75, 3.05) is 11.9 Å². The molecule has 2 aromatic rings. The van der Waals surface area contributed by atoms with Crippen molar-refractivity contribution in [2.45, 2.75) is 51.9 Å². The molecular formula is C16H23F2N5. The first-order valence-corrected chi connectivity index (χ1v) is 8.19. The van der Waals surface area contributed by atoms with E-state index in [9.17, 15) is 8.78 Å². The first kappa shape index (κ1) is 17.3. The predicted octanol–water partition coefficient (Wildman–Crippen LogP) is 4.31. The van der Waals surface area contributed by atoms with Gasteiger partial charge in [0.05, 0.1) is 11.3 Å². The zero-order valence-corrected chi connectivity index (χ0v) is 13.4. The van der Waals surface area contributed by atoms with E-state index >= 15 is 0 Å². The van der Waals surface area contributed by atoms with Gasteiger partial charge in [-0.2, -0.15) is 5.21 Å². The van der Waals surface area contributed by atoms with Gasteiger partial charge in [0.2, 0.25) is 5.82 Å². The van der Waals surface area contributed by atoms with Gasteiger partial charge in [-0.3, -0.25) is 0 Å². The molecule has 0 amide bonds. The maximum absolute atomic E-state index is 14.4. The Bertz CT molecular complexity index is 586. The van der Waals surface area contributed by atoms with E-state index < -0.39 is 11.6 Å². The molecule has 23 heavy (non-hydrogen) atoms. The predicted molar refractivity (Wildman–Crippen MR) is 86.0 cm³/mol. The van der Waals surface area contributed by atoms with Gasteiger partial charge in [-0.05, 0) is 23.8 Å². The van der Waals surface area contributed by atoms with Gasteiger partial charge in [0, 0.05) is 6.54 Å². The Morgan fingerprint density at radius 2 is 1.78 bits per heavy atom. The second-order valence-electron chi connectivity index (χ2n) is 5.57. The highest BCUT2D eigenvalue weighted by Crippen LogP contribution is 2.27. The van der Waals surface area contributed by atoms with Crippen LogP contribution in [0.4, 0.5) is 14.5 Å². The molecule has 2 N–H and O–H groups in total. The van der Waals surface area contributed by atoms with Gasteiger partial charge in [0.25, 0.3) is 0 Å². The van der Waals surface area contributed by atoms with Crippen LogP contribution in [-0.4, -0.2) is 27.2 Å². The molecule has 1 aromatic heterocycles. The summed E-state index contributed by atoms with van der Waals surface area (Å²) in [5.41, 5.74) is 0.000462. The fraction of sp³-hybridized carbons (Fsp3) is 0.562. The Morgan fingerprint density at radius 3 is 2.48 bits per heavy atom. The van der Waals surface area contributed by atoms with Crippen LogP contribution in [0.1, 0.15) is 51.9 Å². The number of H-pyrrole nitrogens is 1. The smallest absolute Gasteiger partial charge is 0.210 e. The van der Waals surface area contributed by atoms with E-state index in [0.29, 0.717) is 6.54 Å². The highest BCUT2D eigenvalue weighted by Gasteiger charge is 2.18. The molecule has 0 saturated heterocycles. The lowest BCUT2D eigenvalue weighted by Gasteiger charge is -2.10. The lowest BCUT2D eigenvalue weighted by molar-refractivity contribution is 0.585. The molecule has 126 valence electrons. The number of halogens is 2. The van der Waals surface area contributed by atoms with E-state index in [4.69, 9.17) is 0 Å². The van der Waals surface area contributed by atoms with Crippen LogP contribution in [0, 0.1) is 11.6 Å². The third-order valence-electron chi connectivity index (χ3n) is 3.76. The largest absolute Gasteiger partial charge is 0.383 e. The van der Waals surface area contributed by atoms with Crippen molar-refractivity contribution in [3.8, 4) is 11.4 Å². The fourth-order valence-corrected chi connectivity index (χ4v) is 2.47. The summed E-state index contributed by atoms with van der Waals surface area (Å²) in [6.07, 6.45) is 8.33. The Kier molecular flexibility index (Phi) is 6.90. The molecule has 0 atom stereocenters. The number of unbranched alkanes of at least 4 members (excludes halogenated alkanes) is 6. The van der Waals surface area contributed by atoms with E-state index in [1.54, 1.807) is 0 Å². The molecule has 7 heteroatoms. The molecule has 0 spiro atoms. The van der Waals surface area contributed by atoms with Crippen LogP contribution in [0.2, 0.25) is 0 Å². The quantitative estimate of drug-likeness (QED) is 0.640. The molecule has 0 aliphatic heterocycles. The molecule has 0 saturated carbocycles. The third kappa shape index (κ3) is 4.97. The minimum atomic E-state index is -0.703. The molecule has 0 radical (unpaired) electrons. The van der Waals surface area contributed by atoms with Crippen LogP contribution in [0.5, 0.6) is 0 Å². The number of hydrogen-bond acceptors (Lipinski definition) is 4. The number of tetrazole rings is 1. The van der Waals surface area contributed by atoms with E-state index in [2.05, 4.69) is 32.9 Å². The minimum absolute atomic E-state index is 0.0837. The van der Waals surface area contributed by atoms with Gasteiger partial charge in [-0.1, -0.05) is 45.4 Å². The van der Waals surface area contributed by atoms with Gasteiger partial charge in [0.1, 0.15) is 5.82 Å². The van der Waals surface area contributed by atoms with Crippen molar-refractivity contribution in [3.63, 3.8) is 0 Å². The van der Waals surface area contributed by atoms with E-state index in [1.165, 1.54) is 44.2 Å². The third-order valence-corrected chi connectivity index (χ3v) is 3.76. The summed E-state index contributed by atoms with van der Waals surface area (Å²) in [6, 6.07) is 2.61. The number of aromatic amines is 1. The van der Waals surface area contributed by atoms with Crippen molar-refractivity contribution in [1.29, 1.82) is 0 Å². The van der Waals surface area contributed by atoms with Crippen LogP contribution in [0.3, 0.4) is 0 Å². The van der Waals surface area contributed by atoms with Crippen molar-refractivity contribution in [2.24, 2.45) is 0 Å². The molecule has 0 aliphatic rings. The number of nitrogens with one attached hydrogen (secondary N) is 2. The average molecular weight is 323 g/mol. The van der Waals surface area contributed by atoms with Gasteiger partial charge in [-0.25, -0.2) is 8.78 Å². The van der Waals surface area contributed by atoms with Crippen molar-refractivity contribution in [3.05, 3.63) is 23.8 Å². The molecule has 0 aliphatic carbocycles. The summed E-state index contributed by atoms with van der Waals surface area (Å²) in [4.78, 5) is 0. The molecular weight excluding hydrogens is 300 g/mol. The Morgan fingerprint density at radius 1 is 1.04 bits per heavy atom. The highest BCUT2D eigenvalue weighted by atomic mass is 19.1. The maximum Gasteiger partial charge on any atom is 0.210 e. The van der Waals surface area contributed by atoms with Gasteiger partial charge < -0.3 is 5.32 Å². The first-order chi connectivity index (χ1) is 11.2. The summed E-state index contributed by atoms with van der Waals surface area (Å²) in [5.74, 6) is -1.47. The zero-order chi connectivity index (χ0) is 16.5. The SMILES string of the molecule is CCCCCCCCCNc1ccc(F)c(-c2nn[nH]n2)c1F. The van der Waals surface area contributed by atoms with Crippen LogP contribution in [-0.2, 0) is 0 Å². The van der Waals surface area contributed by atoms with Gasteiger partial charge >= 0.3 is 0 Å². The Balaban J connectivity index is 1.83. The Hall–Kier alpha value is -2.05. The standard InChI is InChI=1S/C16H23F2N5/c1-2-3-4-5-6-7-8-11-19-13-10-9-12(17)14(15(13)18)16-20-22-23-21-16/h9-10,19H,2-8,11H2,1H3,(H,20,21,22,23). The van der Waals surface area contributed by atoms with Crippen molar-refractivity contribution in [1.82, 2.24) is 20.6 Å². The number of rotatable bonds is 10. The average Bonchev–Trinajstić information content (AvgIpc) is 3.06. The second kappa shape index (κ2) is 9.17. The first-order valence-electron chi connectivity index (χ1n) is 8.19. The van der Waals surface area contributed by atoms with E-state index in [1.807, 2.05) is 0 Å². The van der Waals surface area contributed by atoms with Crippen molar-refractivity contribution < 1.29 is 8.78 Å². The van der Waals surface area contributed by atoms with Gasteiger partial charge in [0.15, 0.2) is 5.82 Å². The maximum atomic E-state index is 14.4. The molecule has 1 aromatic carbocycles. The topological polar surface area (TPSA) is 66.5 Å². The molecule has 0 bridgehead atoms.